The van der Waals surface area contributed by atoms with E-state index in [0.717, 1.165) is 32.1 Å². The van der Waals surface area contributed by atoms with Crippen LogP contribution in [0.2, 0.25) is 0 Å². The highest BCUT2D eigenvalue weighted by Gasteiger charge is 2.14. The van der Waals surface area contributed by atoms with Gasteiger partial charge in [-0.15, -0.1) is 0 Å². The third-order valence-electron chi connectivity index (χ3n) is 5.22. The van der Waals surface area contributed by atoms with Crippen LogP contribution in [0.1, 0.15) is 123 Å². The van der Waals surface area contributed by atoms with Crippen molar-refractivity contribution in [3.05, 3.63) is 0 Å². The molecule has 0 unspecified atom stereocenters. The fraction of sp³-hybridized carbons (Fsp3) is 0.917. The normalized spacial score (nSPS) is 10.8. The lowest BCUT2D eigenvalue weighted by Gasteiger charge is -2.14. The Morgan fingerprint density at radius 2 is 1.03 bits per heavy atom. The largest absolute Gasteiger partial charge is 0.466 e. The van der Waals surface area contributed by atoms with Crippen LogP contribution in [0.25, 0.3) is 0 Å². The van der Waals surface area contributed by atoms with E-state index in [0.29, 0.717) is 18.3 Å². The summed E-state index contributed by atoms with van der Waals surface area (Å²) in [5, 5.41) is 10.1. The number of nitrogens with zero attached hydrogens (tertiary/aromatic N) is 1. The van der Waals surface area contributed by atoms with E-state index in [4.69, 9.17) is 9.47 Å². The van der Waals surface area contributed by atoms with Crippen molar-refractivity contribution in [3.63, 3.8) is 0 Å². The predicted molar refractivity (Wildman–Crippen MR) is 121 cm³/mol. The highest BCUT2D eigenvalue weighted by atomic mass is 16.6. The maximum absolute atomic E-state index is 11.7. The fourth-order valence-corrected chi connectivity index (χ4v) is 3.25. The van der Waals surface area contributed by atoms with E-state index in [2.05, 4.69) is 13.8 Å². The average Bonchev–Trinajstić information content (AvgIpc) is 2.75. The number of carbonyl (C=O) groups is 2. The topological polar surface area (TPSA) is 76.1 Å². The molecule has 30 heavy (non-hydrogen) atoms. The summed E-state index contributed by atoms with van der Waals surface area (Å²) in [4.78, 5) is 23.4. The minimum absolute atomic E-state index is 0.0281. The van der Waals surface area contributed by atoms with Gasteiger partial charge in [0.2, 0.25) is 0 Å². The molecule has 0 fully saturated rings. The molecule has 178 valence electrons. The van der Waals surface area contributed by atoms with Gasteiger partial charge in [-0.2, -0.15) is 5.06 Å². The Kier molecular flexibility index (Phi) is 21.4. The second kappa shape index (κ2) is 22.4. The summed E-state index contributed by atoms with van der Waals surface area (Å²) >= 11 is 0. The SMILES string of the molecule is CCCCCCCCCCCCOC(=O)N(O)CCC(=O)OCCCCCCCC. The zero-order valence-electron chi connectivity index (χ0n) is 19.7. The van der Waals surface area contributed by atoms with Crippen LogP contribution >= 0.6 is 0 Å². The lowest BCUT2D eigenvalue weighted by molar-refractivity contribution is -0.146. The number of hydrogen-bond acceptors (Lipinski definition) is 5. The lowest BCUT2D eigenvalue weighted by atomic mass is 10.1. The van der Waals surface area contributed by atoms with Crippen LogP contribution in [0.4, 0.5) is 4.79 Å². The third kappa shape index (κ3) is 20.0. The van der Waals surface area contributed by atoms with Crippen molar-refractivity contribution in [2.45, 2.75) is 123 Å². The van der Waals surface area contributed by atoms with Crippen molar-refractivity contribution in [1.82, 2.24) is 5.06 Å². The van der Waals surface area contributed by atoms with Gasteiger partial charge in [0.25, 0.3) is 0 Å². The van der Waals surface area contributed by atoms with E-state index in [1.54, 1.807) is 0 Å². The van der Waals surface area contributed by atoms with Crippen LogP contribution in [0.5, 0.6) is 0 Å². The van der Waals surface area contributed by atoms with Crippen molar-refractivity contribution in [2.75, 3.05) is 19.8 Å². The molecule has 0 spiro atoms. The minimum Gasteiger partial charge on any atom is -0.466 e. The molecule has 6 heteroatoms. The molecule has 0 bridgehead atoms. The van der Waals surface area contributed by atoms with Crippen LogP contribution < -0.4 is 0 Å². The fourth-order valence-electron chi connectivity index (χ4n) is 3.25. The van der Waals surface area contributed by atoms with Crippen molar-refractivity contribution in [2.24, 2.45) is 0 Å². The quantitative estimate of drug-likeness (QED) is 0.0917. The second-order valence-corrected chi connectivity index (χ2v) is 8.16. The molecule has 0 radical (unpaired) electrons. The molecule has 0 aromatic carbocycles. The summed E-state index contributed by atoms with van der Waals surface area (Å²) in [5.74, 6) is -0.398. The number of esters is 1. The first-order valence-electron chi connectivity index (χ1n) is 12.4. The summed E-state index contributed by atoms with van der Waals surface area (Å²) in [6.45, 7) is 5.01. The van der Waals surface area contributed by atoms with Crippen molar-refractivity contribution >= 4 is 12.1 Å². The van der Waals surface area contributed by atoms with E-state index in [1.807, 2.05) is 0 Å². The molecular formula is C24H47NO5. The number of carbonyl (C=O) groups excluding carboxylic acids is 2. The van der Waals surface area contributed by atoms with Gasteiger partial charge in [0.1, 0.15) is 0 Å². The van der Waals surface area contributed by atoms with Gasteiger partial charge >= 0.3 is 12.1 Å². The van der Waals surface area contributed by atoms with Crippen molar-refractivity contribution < 1.29 is 24.3 Å². The third-order valence-corrected chi connectivity index (χ3v) is 5.22. The maximum Gasteiger partial charge on any atom is 0.433 e. The Morgan fingerprint density at radius 1 is 0.633 bits per heavy atom. The first-order chi connectivity index (χ1) is 14.6. The van der Waals surface area contributed by atoms with Gasteiger partial charge in [-0.1, -0.05) is 104 Å². The Labute approximate surface area is 184 Å². The molecule has 0 aromatic heterocycles. The van der Waals surface area contributed by atoms with Gasteiger partial charge in [-0.3, -0.25) is 10.0 Å². The Hall–Kier alpha value is -1.30. The first-order valence-corrected chi connectivity index (χ1v) is 12.4. The molecule has 1 amide bonds. The molecule has 0 rings (SSSR count). The molecule has 0 heterocycles. The summed E-state index contributed by atoms with van der Waals surface area (Å²) in [5.41, 5.74) is 0. The van der Waals surface area contributed by atoms with Crippen molar-refractivity contribution in [1.29, 1.82) is 0 Å². The Bertz CT molecular complexity index is 403. The van der Waals surface area contributed by atoms with Gasteiger partial charge in [-0.25, -0.2) is 4.79 Å². The van der Waals surface area contributed by atoms with E-state index >= 15 is 0 Å². The molecule has 0 aliphatic carbocycles. The highest BCUT2D eigenvalue weighted by molar-refractivity contribution is 5.71. The predicted octanol–water partition coefficient (Wildman–Crippen LogP) is 7.03. The molecule has 6 nitrogen and oxygen atoms in total. The van der Waals surface area contributed by atoms with Crippen molar-refractivity contribution in [3.8, 4) is 0 Å². The highest BCUT2D eigenvalue weighted by Crippen LogP contribution is 2.10. The number of ether oxygens (including phenoxy) is 2. The van der Waals surface area contributed by atoms with Gasteiger partial charge in [0, 0.05) is 0 Å². The molecule has 0 saturated heterocycles. The summed E-state index contributed by atoms with van der Waals surface area (Å²) < 4.78 is 10.2. The number of unbranched alkanes of at least 4 members (excludes halogenated alkanes) is 14. The molecule has 0 atom stereocenters. The van der Waals surface area contributed by atoms with E-state index in [-0.39, 0.29) is 13.0 Å². The summed E-state index contributed by atoms with van der Waals surface area (Å²) in [7, 11) is 0. The summed E-state index contributed by atoms with van der Waals surface area (Å²) in [6, 6.07) is 0. The maximum atomic E-state index is 11.7. The molecule has 1 N–H and O–H groups in total. The zero-order valence-corrected chi connectivity index (χ0v) is 19.7. The second-order valence-electron chi connectivity index (χ2n) is 8.16. The van der Waals surface area contributed by atoms with Gasteiger partial charge in [0.15, 0.2) is 0 Å². The first kappa shape index (κ1) is 28.7. The number of hydroxylamine groups is 2. The van der Waals surface area contributed by atoms with E-state index in [9.17, 15) is 14.8 Å². The molecule has 0 saturated carbocycles. The Balaban J connectivity index is 3.47. The zero-order chi connectivity index (χ0) is 22.3. The number of amides is 1. The average molecular weight is 430 g/mol. The van der Waals surface area contributed by atoms with Gasteiger partial charge in [0.05, 0.1) is 26.2 Å². The van der Waals surface area contributed by atoms with E-state index < -0.39 is 12.1 Å². The number of hydrogen-bond donors (Lipinski definition) is 1. The van der Waals surface area contributed by atoms with Crippen LogP contribution in [-0.4, -0.2) is 42.1 Å². The van der Waals surface area contributed by atoms with Crippen LogP contribution in [-0.2, 0) is 14.3 Å². The van der Waals surface area contributed by atoms with Gasteiger partial charge in [-0.05, 0) is 12.8 Å². The van der Waals surface area contributed by atoms with Crippen LogP contribution in [0.15, 0.2) is 0 Å². The number of rotatable bonds is 21. The molecular weight excluding hydrogens is 382 g/mol. The molecule has 0 aliphatic heterocycles. The monoisotopic (exact) mass is 429 g/mol. The molecule has 0 aliphatic rings. The van der Waals surface area contributed by atoms with Crippen LogP contribution in [0.3, 0.4) is 0 Å². The summed E-state index contributed by atoms with van der Waals surface area (Å²) in [6.07, 6.45) is 18.1. The smallest absolute Gasteiger partial charge is 0.433 e. The Morgan fingerprint density at radius 3 is 1.50 bits per heavy atom. The van der Waals surface area contributed by atoms with Crippen LogP contribution in [0, 0.1) is 0 Å². The minimum atomic E-state index is -0.797. The standard InChI is InChI=1S/C24H47NO5/c1-3-5-7-9-11-12-13-14-16-18-22-30-24(27)25(28)20-19-23(26)29-21-17-15-10-8-6-4-2/h28H,3-22H2,1-2H3. The lowest BCUT2D eigenvalue weighted by Crippen LogP contribution is -2.31. The van der Waals surface area contributed by atoms with E-state index in [1.165, 1.54) is 70.6 Å². The van der Waals surface area contributed by atoms with Gasteiger partial charge < -0.3 is 9.47 Å². The molecule has 0 aromatic rings.